The van der Waals surface area contributed by atoms with Gasteiger partial charge in [-0.15, -0.1) is 0 Å². The molecule has 1 aromatic rings. The summed E-state index contributed by atoms with van der Waals surface area (Å²) in [4.78, 5) is 21.7. The number of carbonyl (C=O) groups is 1. The molecule has 0 saturated carbocycles. The lowest BCUT2D eigenvalue weighted by atomic mass is 10.00. The number of nitrogens with one attached hydrogen (secondary N) is 1. The number of nitrogens with two attached hydrogens (primary N) is 1. The Morgan fingerprint density at radius 3 is 2.63 bits per heavy atom. The van der Waals surface area contributed by atoms with Crippen molar-refractivity contribution in [2.45, 2.75) is 32.2 Å². The number of rotatable bonds is 5. The number of nitro groups is 1. The average molecular weight is 286 g/mol. The fourth-order valence-electron chi connectivity index (χ4n) is 1.39. The number of hydrogen-bond acceptors (Lipinski definition) is 4. The lowest BCUT2D eigenvalue weighted by molar-refractivity contribution is -0.384. The maximum atomic E-state index is 11.6. The Morgan fingerprint density at radius 1 is 1.53 bits per heavy atom. The van der Waals surface area contributed by atoms with E-state index >= 15 is 0 Å². The second kappa shape index (κ2) is 5.99. The average Bonchev–Trinajstić information content (AvgIpc) is 2.25. The molecule has 7 heteroatoms. The molecule has 19 heavy (non-hydrogen) atoms. The van der Waals surface area contributed by atoms with E-state index in [1.807, 2.05) is 13.8 Å². The van der Waals surface area contributed by atoms with Gasteiger partial charge in [0.2, 0.25) is 5.91 Å². The summed E-state index contributed by atoms with van der Waals surface area (Å²) in [5, 5.41) is 13.2. The Labute approximate surface area is 116 Å². The van der Waals surface area contributed by atoms with Gasteiger partial charge in [0.05, 0.1) is 4.92 Å². The molecule has 0 bridgehead atoms. The molecule has 6 nitrogen and oxygen atoms in total. The zero-order valence-electron chi connectivity index (χ0n) is 10.8. The van der Waals surface area contributed by atoms with Crippen molar-refractivity contribution in [1.29, 1.82) is 0 Å². The molecule has 3 N–H and O–H groups in total. The first-order valence-electron chi connectivity index (χ1n) is 5.72. The summed E-state index contributed by atoms with van der Waals surface area (Å²) >= 11 is 5.74. The van der Waals surface area contributed by atoms with E-state index < -0.39 is 10.5 Å². The molecule has 0 radical (unpaired) electrons. The molecule has 1 rings (SSSR count). The Bertz CT molecular complexity index is 497. The maximum absolute atomic E-state index is 11.6. The molecule has 0 fully saturated rings. The van der Waals surface area contributed by atoms with Gasteiger partial charge in [0.15, 0.2) is 0 Å². The van der Waals surface area contributed by atoms with Crippen molar-refractivity contribution in [3.8, 4) is 0 Å². The van der Waals surface area contributed by atoms with Crippen LogP contribution in [0.2, 0.25) is 5.02 Å². The Morgan fingerprint density at radius 2 is 2.16 bits per heavy atom. The summed E-state index contributed by atoms with van der Waals surface area (Å²) in [5.74, 6) is -0.205. The second-order valence-corrected chi connectivity index (χ2v) is 5.37. The zero-order chi connectivity index (χ0) is 14.6. The zero-order valence-corrected chi connectivity index (χ0v) is 11.5. The van der Waals surface area contributed by atoms with Crippen LogP contribution in [-0.4, -0.2) is 16.4 Å². The molecule has 0 atom stereocenters. The van der Waals surface area contributed by atoms with E-state index in [4.69, 9.17) is 17.3 Å². The van der Waals surface area contributed by atoms with Crippen molar-refractivity contribution in [3.63, 3.8) is 0 Å². The van der Waals surface area contributed by atoms with E-state index in [0.29, 0.717) is 12.1 Å². The minimum atomic E-state index is -0.578. The molecule has 0 saturated heterocycles. The van der Waals surface area contributed by atoms with Crippen LogP contribution in [0.1, 0.15) is 26.7 Å². The standard InChI is InChI=1S/C12H16ClN3O3/c1-12(2,14)6-5-11(17)15-8-3-4-10(16(18)19)9(13)7-8/h3-4,7H,5-6,14H2,1-2H3,(H,15,17). The van der Waals surface area contributed by atoms with E-state index in [9.17, 15) is 14.9 Å². The van der Waals surface area contributed by atoms with Gasteiger partial charge in [0, 0.05) is 23.7 Å². The molecule has 1 aromatic carbocycles. The predicted molar refractivity (Wildman–Crippen MR) is 74.2 cm³/mol. The van der Waals surface area contributed by atoms with Gasteiger partial charge in [0.1, 0.15) is 5.02 Å². The smallest absolute Gasteiger partial charge is 0.288 e. The third-order valence-electron chi connectivity index (χ3n) is 2.42. The van der Waals surface area contributed by atoms with E-state index in [1.54, 1.807) is 0 Å². The van der Waals surface area contributed by atoms with Crippen LogP contribution in [0.3, 0.4) is 0 Å². The first kappa shape index (κ1) is 15.4. The second-order valence-electron chi connectivity index (χ2n) is 4.96. The van der Waals surface area contributed by atoms with Gasteiger partial charge in [-0.2, -0.15) is 0 Å². The molecule has 1 amide bonds. The van der Waals surface area contributed by atoms with Gasteiger partial charge in [-0.3, -0.25) is 14.9 Å². The van der Waals surface area contributed by atoms with Crippen molar-refractivity contribution in [2.75, 3.05) is 5.32 Å². The minimum absolute atomic E-state index is 0.0121. The third-order valence-corrected chi connectivity index (χ3v) is 2.73. The highest BCUT2D eigenvalue weighted by Crippen LogP contribution is 2.27. The predicted octanol–water partition coefficient (Wildman–Crippen LogP) is 2.70. The number of anilines is 1. The summed E-state index contributed by atoms with van der Waals surface area (Å²) in [7, 11) is 0. The van der Waals surface area contributed by atoms with E-state index in [0.717, 1.165) is 0 Å². The van der Waals surface area contributed by atoms with Crippen LogP contribution in [0.15, 0.2) is 18.2 Å². The lowest BCUT2D eigenvalue weighted by Crippen LogP contribution is -2.33. The Hall–Kier alpha value is -1.66. The van der Waals surface area contributed by atoms with Crippen LogP contribution in [0.5, 0.6) is 0 Å². The van der Waals surface area contributed by atoms with E-state index in [-0.39, 0.29) is 23.0 Å². The van der Waals surface area contributed by atoms with Gasteiger partial charge < -0.3 is 11.1 Å². The highest BCUT2D eigenvalue weighted by molar-refractivity contribution is 6.33. The summed E-state index contributed by atoms with van der Waals surface area (Å²) in [6.45, 7) is 3.67. The molecule has 0 aliphatic rings. The van der Waals surface area contributed by atoms with Gasteiger partial charge in [-0.05, 0) is 32.4 Å². The highest BCUT2D eigenvalue weighted by atomic mass is 35.5. The van der Waals surface area contributed by atoms with Crippen LogP contribution in [0.4, 0.5) is 11.4 Å². The first-order valence-corrected chi connectivity index (χ1v) is 6.09. The van der Waals surface area contributed by atoms with Gasteiger partial charge >= 0.3 is 0 Å². The lowest BCUT2D eigenvalue weighted by Gasteiger charge is -2.17. The van der Waals surface area contributed by atoms with Gasteiger partial charge in [0.25, 0.3) is 5.69 Å². The van der Waals surface area contributed by atoms with Crippen LogP contribution in [0, 0.1) is 10.1 Å². The van der Waals surface area contributed by atoms with Crippen LogP contribution in [-0.2, 0) is 4.79 Å². The molecule has 0 aliphatic heterocycles. The van der Waals surface area contributed by atoms with Crippen LogP contribution in [0.25, 0.3) is 0 Å². The van der Waals surface area contributed by atoms with E-state index in [1.165, 1.54) is 18.2 Å². The quantitative estimate of drug-likeness (QED) is 0.642. The van der Waals surface area contributed by atoms with E-state index in [2.05, 4.69) is 5.32 Å². The van der Waals surface area contributed by atoms with Crippen molar-refractivity contribution < 1.29 is 9.72 Å². The Balaban J connectivity index is 2.65. The maximum Gasteiger partial charge on any atom is 0.288 e. The number of halogens is 1. The molecule has 0 aliphatic carbocycles. The largest absolute Gasteiger partial charge is 0.326 e. The number of hydrogen-bond donors (Lipinski definition) is 2. The monoisotopic (exact) mass is 285 g/mol. The normalized spacial score (nSPS) is 11.2. The fourth-order valence-corrected chi connectivity index (χ4v) is 1.64. The van der Waals surface area contributed by atoms with Crippen molar-refractivity contribution in [1.82, 2.24) is 0 Å². The summed E-state index contributed by atoms with van der Waals surface area (Å²) < 4.78 is 0. The number of benzene rings is 1. The van der Waals surface area contributed by atoms with Crippen molar-refractivity contribution >= 4 is 28.9 Å². The minimum Gasteiger partial charge on any atom is -0.326 e. The first-order chi connectivity index (χ1) is 8.69. The molecular formula is C12H16ClN3O3. The highest BCUT2D eigenvalue weighted by Gasteiger charge is 2.15. The molecule has 0 heterocycles. The topological polar surface area (TPSA) is 98.3 Å². The number of amides is 1. The van der Waals surface area contributed by atoms with Crippen molar-refractivity contribution in [2.24, 2.45) is 5.73 Å². The van der Waals surface area contributed by atoms with Gasteiger partial charge in [-0.25, -0.2) is 0 Å². The molecular weight excluding hydrogens is 270 g/mol. The number of nitro benzene ring substituents is 1. The fraction of sp³-hybridized carbons (Fsp3) is 0.417. The number of nitrogens with zero attached hydrogens (tertiary/aromatic N) is 1. The summed E-state index contributed by atoms with van der Waals surface area (Å²) in [6.07, 6.45) is 0.817. The number of carbonyl (C=O) groups excluding carboxylic acids is 1. The summed E-state index contributed by atoms with van der Waals surface area (Å²) in [6, 6.07) is 4.05. The summed E-state index contributed by atoms with van der Waals surface area (Å²) in [5.41, 5.74) is 5.60. The molecule has 0 unspecified atom stereocenters. The van der Waals surface area contributed by atoms with Crippen LogP contribution < -0.4 is 11.1 Å². The molecule has 0 aromatic heterocycles. The molecule has 0 spiro atoms. The molecule has 104 valence electrons. The van der Waals surface area contributed by atoms with Crippen molar-refractivity contribution in [3.05, 3.63) is 33.3 Å². The SMILES string of the molecule is CC(C)(N)CCC(=O)Nc1ccc([N+](=O)[O-])c(Cl)c1. The van der Waals surface area contributed by atoms with Gasteiger partial charge in [-0.1, -0.05) is 11.6 Å². The van der Waals surface area contributed by atoms with Crippen LogP contribution >= 0.6 is 11.6 Å². The third kappa shape index (κ3) is 5.23. The Kier molecular flexibility index (Phi) is 4.85.